The Bertz CT molecular complexity index is 731. The number of alkyl halides is 2. The first-order valence-corrected chi connectivity index (χ1v) is 7.55. The zero-order chi connectivity index (χ0) is 16.8. The van der Waals surface area contributed by atoms with Gasteiger partial charge in [0.1, 0.15) is 5.82 Å². The molecule has 2 aromatic rings. The lowest BCUT2D eigenvalue weighted by molar-refractivity contribution is -0.133. The Morgan fingerprint density at radius 2 is 2.09 bits per heavy atom. The fraction of sp³-hybridized carbons (Fsp3) is 0.438. The van der Waals surface area contributed by atoms with Crippen LogP contribution in [0.25, 0.3) is 10.9 Å². The van der Waals surface area contributed by atoms with E-state index in [1.807, 2.05) is 6.92 Å². The second-order valence-electron chi connectivity index (χ2n) is 5.26. The molecule has 124 valence electrons. The van der Waals surface area contributed by atoms with E-state index in [9.17, 15) is 18.4 Å². The molecule has 0 aliphatic heterocycles. The van der Waals surface area contributed by atoms with E-state index in [-0.39, 0.29) is 24.3 Å². The highest BCUT2D eigenvalue weighted by molar-refractivity contribution is 5.78. The van der Waals surface area contributed by atoms with E-state index in [4.69, 9.17) is 0 Å². The standard InChI is InChI=1S/C16H19F2N3O2/c1-2-9-21(10-13(17)18)15(22)8-7-14-19-12-6-4-3-5-11(12)16(23)20-14/h3-6,13H,2,7-10H2,1H3,(H,19,20,23). The molecule has 1 N–H and O–H groups in total. The van der Waals surface area contributed by atoms with Crippen LogP contribution in [0.5, 0.6) is 0 Å². The van der Waals surface area contributed by atoms with Crippen LogP contribution in [0.4, 0.5) is 8.78 Å². The molecule has 0 saturated carbocycles. The summed E-state index contributed by atoms with van der Waals surface area (Å²) in [4.78, 5) is 32.1. The van der Waals surface area contributed by atoms with Crippen molar-refractivity contribution in [3.63, 3.8) is 0 Å². The van der Waals surface area contributed by atoms with Gasteiger partial charge in [-0.2, -0.15) is 0 Å². The highest BCUT2D eigenvalue weighted by Gasteiger charge is 2.17. The maximum absolute atomic E-state index is 12.5. The van der Waals surface area contributed by atoms with Crippen LogP contribution in [0.15, 0.2) is 29.1 Å². The monoisotopic (exact) mass is 323 g/mol. The molecule has 1 heterocycles. The van der Waals surface area contributed by atoms with Gasteiger partial charge in [0, 0.05) is 19.4 Å². The van der Waals surface area contributed by atoms with Gasteiger partial charge < -0.3 is 9.88 Å². The third kappa shape index (κ3) is 4.58. The van der Waals surface area contributed by atoms with E-state index in [1.54, 1.807) is 24.3 Å². The van der Waals surface area contributed by atoms with E-state index < -0.39 is 13.0 Å². The number of aromatic amines is 1. The van der Waals surface area contributed by atoms with Gasteiger partial charge in [-0.1, -0.05) is 19.1 Å². The first kappa shape index (κ1) is 17.1. The van der Waals surface area contributed by atoms with Crippen molar-refractivity contribution in [2.75, 3.05) is 13.1 Å². The van der Waals surface area contributed by atoms with E-state index in [2.05, 4.69) is 9.97 Å². The number of hydrogen-bond acceptors (Lipinski definition) is 3. The summed E-state index contributed by atoms with van der Waals surface area (Å²) >= 11 is 0. The number of nitrogens with zero attached hydrogens (tertiary/aromatic N) is 2. The van der Waals surface area contributed by atoms with Crippen LogP contribution in [0.3, 0.4) is 0 Å². The second kappa shape index (κ2) is 7.80. The predicted molar refractivity (Wildman–Crippen MR) is 83.6 cm³/mol. The van der Waals surface area contributed by atoms with Gasteiger partial charge >= 0.3 is 0 Å². The average molecular weight is 323 g/mol. The van der Waals surface area contributed by atoms with Crippen molar-refractivity contribution < 1.29 is 13.6 Å². The zero-order valence-corrected chi connectivity index (χ0v) is 12.9. The number of fused-ring (bicyclic) bond motifs is 1. The van der Waals surface area contributed by atoms with Crippen molar-refractivity contribution in [3.05, 3.63) is 40.4 Å². The highest BCUT2D eigenvalue weighted by atomic mass is 19.3. The lowest BCUT2D eigenvalue weighted by atomic mass is 10.2. The van der Waals surface area contributed by atoms with Gasteiger partial charge in [0.25, 0.3) is 12.0 Å². The average Bonchev–Trinajstić information content (AvgIpc) is 2.52. The summed E-state index contributed by atoms with van der Waals surface area (Å²) in [7, 11) is 0. The third-order valence-electron chi connectivity index (χ3n) is 3.44. The molecule has 1 amide bonds. The molecule has 0 radical (unpaired) electrons. The molecule has 0 spiro atoms. The van der Waals surface area contributed by atoms with Crippen LogP contribution in [0.2, 0.25) is 0 Å². The van der Waals surface area contributed by atoms with E-state index >= 15 is 0 Å². The molecule has 0 atom stereocenters. The summed E-state index contributed by atoms with van der Waals surface area (Å²) in [6, 6.07) is 6.91. The molecular formula is C16H19F2N3O2. The molecular weight excluding hydrogens is 304 g/mol. The van der Waals surface area contributed by atoms with Crippen molar-refractivity contribution in [1.82, 2.24) is 14.9 Å². The van der Waals surface area contributed by atoms with Gasteiger partial charge in [0.05, 0.1) is 17.4 Å². The van der Waals surface area contributed by atoms with Gasteiger partial charge in [-0.3, -0.25) is 9.59 Å². The van der Waals surface area contributed by atoms with Gasteiger partial charge in [0.15, 0.2) is 0 Å². The number of carbonyl (C=O) groups excluding carboxylic acids is 1. The van der Waals surface area contributed by atoms with Gasteiger partial charge in [0.2, 0.25) is 5.91 Å². The minimum atomic E-state index is -2.55. The van der Waals surface area contributed by atoms with Crippen LogP contribution in [0, 0.1) is 0 Å². The zero-order valence-electron chi connectivity index (χ0n) is 12.9. The number of benzene rings is 1. The summed E-state index contributed by atoms with van der Waals surface area (Å²) < 4.78 is 25.0. The molecule has 1 aromatic carbocycles. The van der Waals surface area contributed by atoms with Crippen molar-refractivity contribution in [2.24, 2.45) is 0 Å². The smallest absolute Gasteiger partial charge is 0.258 e. The number of hydrogen-bond donors (Lipinski definition) is 1. The topological polar surface area (TPSA) is 66.1 Å². The molecule has 0 bridgehead atoms. The molecule has 0 aliphatic rings. The predicted octanol–water partition coefficient (Wildman–Crippen LogP) is 2.36. The van der Waals surface area contributed by atoms with E-state index in [0.29, 0.717) is 29.7 Å². The van der Waals surface area contributed by atoms with Gasteiger partial charge in [-0.15, -0.1) is 0 Å². The molecule has 0 aliphatic carbocycles. The molecule has 0 saturated heterocycles. The number of H-pyrrole nitrogens is 1. The Labute approximate surface area is 132 Å². The fourth-order valence-electron chi connectivity index (χ4n) is 2.39. The maximum Gasteiger partial charge on any atom is 0.258 e. The molecule has 0 unspecified atom stereocenters. The van der Waals surface area contributed by atoms with Gasteiger partial charge in [-0.05, 0) is 18.6 Å². The first-order chi connectivity index (χ1) is 11.0. The lowest BCUT2D eigenvalue weighted by Gasteiger charge is -2.21. The third-order valence-corrected chi connectivity index (χ3v) is 3.44. The summed E-state index contributed by atoms with van der Waals surface area (Å²) in [6.45, 7) is 1.56. The number of amides is 1. The number of rotatable bonds is 7. The quantitative estimate of drug-likeness (QED) is 0.850. The lowest BCUT2D eigenvalue weighted by Crippen LogP contribution is -2.36. The van der Waals surface area contributed by atoms with Crippen molar-refractivity contribution in [1.29, 1.82) is 0 Å². The minimum Gasteiger partial charge on any atom is -0.337 e. The summed E-state index contributed by atoms with van der Waals surface area (Å²) in [5.74, 6) is 0.0264. The Morgan fingerprint density at radius 3 is 2.78 bits per heavy atom. The maximum atomic E-state index is 12.5. The number of nitrogens with one attached hydrogen (secondary N) is 1. The normalized spacial score (nSPS) is 11.1. The molecule has 23 heavy (non-hydrogen) atoms. The number of para-hydroxylation sites is 1. The first-order valence-electron chi connectivity index (χ1n) is 7.55. The SMILES string of the molecule is CCCN(CC(F)F)C(=O)CCc1nc2ccccc2c(=O)[nH]1. The molecule has 5 nitrogen and oxygen atoms in total. The Balaban J connectivity index is 2.07. The summed E-state index contributed by atoms with van der Waals surface area (Å²) in [6.07, 6.45) is -1.69. The number of carbonyl (C=O) groups is 1. The minimum absolute atomic E-state index is 0.0357. The van der Waals surface area contributed by atoms with Crippen LogP contribution in [-0.2, 0) is 11.2 Å². The van der Waals surface area contributed by atoms with Crippen LogP contribution < -0.4 is 5.56 Å². The Hall–Kier alpha value is -2.31. The largest absolute Gasteiger partial charge is 0.337 e. The fourth-order valence-corrected chi connectivity index (χ4v) is 2.39. The number of halogens is 2. The van der Waals surface area contributed by atoms with Crippen LogP contribution in [0.1, 0.15) is 25.6 Å². The molecule has 2 rings (SSSR count). The molecule has 1 aromatic heterocycles. The Morgan fingerprint density at radius 1 is 1.35 bits per heavy atom. The highest BCUT2D eigenvalue weighted by Crippen LogP contribution is 2.08. The number of aryl methyl sites for hydroxylation is 1. The summed E-state index contributed by atoms with van der Waals surface area (Å²) in [5, 5.41) is 0.480. The van der Waals surface area contributed by atoms with Gasteiger partial charge in [-0.25, -0.2) is 13.8 Å². The Kier molecular flexibility index (Phi) is 5.78. The van der Waals surface area contributed by atoms with E-state index in [1.165, 1.54) is 0 Å². The van der Waals surface area contributed by atoms with Crippen molar-refractivity contribution in [3.8, 4) is 0 Å². The van der Waals surface area contributed by atoms with Crippen LogP contribution in [-0.4, -0.2) is 40.3 Å². The van der Waals surface area contributed by atoms with E-state index in [0.717, 1.165) is 4.90 Å². The van der Waals surface area contributed by atoms with Crippen molar-refractivity contribution >= 4 is 16.8 Å². The molecule has 0 fully saturated rings. The number of aromatic nitrogens is 2. The van der Waals surface area contributed by atoms with Crippen LogP contribution >= 0.6 is 0 Å². The van der Waals surface area contributed by atoms with Crippen molar-refractivity contribution in [2.45, 2.75) is 32.6 Å². The summed E-state index contributed by atoms with van der Waals surface area (Å²) in [5.41, 5.74) is 0.285. The molecule has 7 heteroatoms. The second-order valence-corrected chi connectivity index (χ2v) is 5.26.